The number of benzene rings is 1. The standard InChI is InChI=1S/C10H4Cl5N3O2/c11-4-1-2-6(5(12)3-4)18-9(10(13,14)15)16-7(17-18)8(19)20/h1-3H,(H,19,20)/p-1. The topological polar surface area (TPSA) is 70.8 Å². The van der Waals surface area contributed by atoms with Crippen molar-refractivity contribution in [2.24, 2.45) is 0 Å². The number of carboxylic acids is 1. The summed E-state index contributed by atoms with van der Waals surface area (Å²) in [7, 11) is 0. The predicted octanol–water partition coefficient (Wildman–Crippen LogP) is 2.76. The summed E-state index contributed by atoms with van der Waals surface area (Å²) in [6.07, 6.45) is 0. The summed E-state index contributed by atoms with van der Waals surface area (Å²) in [6.45, 7) is 0. The van der Waals surface area contributed by atoms with Crippen molar-refractivity contribution in [2.75, 3.05) is 0 Å². The van der Waals surface area contributed by atoms with Crippen LogP contribution in [0.1, 0.15) is 16.4 Å². The van der Waals surface area contributed by atoms with Crippen LogP contribution in [0.15, 0.2) is 18.2 Å². The molecule has 1 aromatic carbocycles. The van der Waals surface area contributed by atoms with Crippen molar-refractivity contribution in [2.45, 2.75) is 3.79 Å². The minimum atomic E-state index is -2.00. The van der Waals surface area contributed by atoms with Crippen LogP contribution in [0.5, 0.6) is 0 Å². The van der Waals surface area contributed by atoms with E-state index in [4.69, 9.17) is 58.0 Å². The Bertz CT molecular complexity index is 680. The molecule has 1 aromatic heterocycles. The normalized spacial score (nSPS) is 11.7. The Morgan fingerprint density at radius 3 is 2.40 bits per heavy atom. The molecule has 0 aliphatic rings. The van der Waals surface area contributed by atoms with Crippen LogP contribution < -0.4 is 5.11 Å². The van der Waals surface area contributed by atoms with Gasteiger partial charge in [0.1, 0.15) is 5.97 Å². The monoisotopic (exact) mass is 372 g/mol. The van der Waals surface area contributed by atoms with E-state index < -0.39 is 15.6 Å². The number of rotatable bonds is 2. The van der Waals surface area contributed by atoms with E-state index in [0.29, 0.717) is 5.02 Å². The molecule has 0 aliphatic carbocycles. The first-order chi connectivity index (χ1) is 9.20. The third-order valence-corrected chi connectivity index (χ3v) is 3.23. The van der Waals surface area contributed by atoms with E-state index >= 15 is 0 Å². The molecule has 0 amide bonds. The molecule has 5 nitrogen and oxygen atoms in total. The van der Waals surface area contributed by atoms with E-state index in [1.165, 1.54) is 18.2 Å². The van der Waals surface area contributed by atoms with E-state index in [-0.39, 0.29) is 16.5 Å². The van der Waals surface area contributed by atoms with Crippen LogP contribution in [0.2, 0.25) is 10.0 Å². The summed E-state index contributed by atoms with van der Waals surface area (Å²) in [5.74, 6) is -2.47. The lowest BCUT2D eigenvalue weighted by Gasteiger charge is -2.12. The fraction of sp³-hybridized carbons (Fsp3) is 0.100. The number of carboxylic acid groups (broad SMARTS) is 1. The number of carbonyl (C=O) groups is 1. The first-order valence-corrected chi connectivity index (χ1v) is 6.80. The van der Waals surface area contributed by atoms with E-state index in [0.717, 1.165) is 4.68 Å². The molecule has 0 unspecified atom stereocenters. The lowest BCUT2D eigenvalue weighted by atomic mass is 10.3. The minimum absolute atomic E-state index is 0.183. The van der Waals surface area contributed by atoms with Crippen LogP contribution >= 0.6 is 58.0 Å². The summed E-state index contributed by atoms with van der Waals surface area (Å²) in [5.41, 5.74) is 0.261. The smallest absolute Gasteiger partial charge is 0.250 e. The second-order valence-electron chi connectivity index (χ2n) is 3.55. The van der Waals surface area contributed by atoms with E-state index in [1.807, 2.05) is 0 Å². The van der Waals surface area contributed by atoms with Crippen molar-refractivity contribution in [3.63, 3.8) is 0 Å². The Morgan fingerprint density at radius 1 is 1.25 bits per heavy atom. The molecule has 20 heavy (non-hydrogen) atoms. The van der Waals surface area contributed by atoms with E-state index in [9.17, 15) is 9.90 Å². The van der Waals surface area contributed by atoms with E-state index in [1.54, 1.807) is 0 Å². The highest BCUT2D eigenvalue weighted by Gasteiger charge is 2.32. The third-order valence-electron chi connectivity index (χ3n) is 2.18. The van der Waals surface area contributed by atoms with Gasteiger partial charge in [0.15, 0.2) is 11.6 Å². The molecule has 0 atom stereocenters. The van der Waals surface area contributed by atoms with Crippen molar-refractivity contribution < 1.29 is 9.90 Å². The molecule has 0 N–H and O–H groups in total. The van der Waals surface area contributed by atoms with Crippen molar-refractivity contribution >= 4 is 64.0 Å². The van der Waals surface area contributed by atoms with Gasteiger partial charge in [-0.05, 0) is 18.2 Å². The van der Waals surface area contributed by atoms with Gasteiger partial charge in [0.25, 0.3) is 0 Å². The van der Waals surface area contributed by atoms with Gasteiger partial charge in [-0.2, -0.15) is 0 Å². The van der Waals surface area contributed by atoms with Crippen molar-refractivity contribution in [3.8, 4) is 5.69 Å². The maximum Gasteiger partial charge on any atom is 0.250 e. The summed E-state index contributed by atoms with van der Waals surface area (Å²) < 4.78 is -0.986. The number of carbonyl (C=O) groups excluding carboxylic acids is 1. The lowest BCUT2D eigenvalue weighted by molar-refractivity contribution is -0.256. The summed E-state index contributed by atoms with van der Waals surface area (Å²) in [6, 6.07) is 4.44. The molecule has 2 aromatic rings. The van der Waals surface area contributed by atoms with Crippen molar-refractivity contribution in [1.82, 2.24) is 14.8 Å². The fourth-order valence-electron chi connectivity index (χ4n) is 1.40. The molecule has 0 spiro atoms. The zero-order valence-electron chi connectivity index (χ0n) is 9.28. The Morgan fingerprint density at radius 2 is 1.90 bits per heavy atom. The number of hydrogen-bond donors (Lipinski definition) is 0. The summed E-state index contributed by atoms with van der Waals surface area (Å²) >= 11 is 29.0. The Kier molecular flexibility index (Phi) is 4.37. The van der Waals surface area contributed by atoms with Crippen LogP contribution in [-0.2, 0) is 3.79 Å². The molecule has 0 saturated carbocycles. The second kappa shape index (κ2) is 5.58. The highest BCUT2D eigenvalue weighted by molar-refractivity contribution is 6.66. The van der Waals surface area contributed by atoms with Gasteiger partial charge in [-0.3, -0.25) is 0 Å². The maximum atomic E-state index is 10.8. The van der Waals surface area contributed by atoms with Gasteiger partial charge in [0.2, 0.25) is 3.79 Å². The number of aromatic carboxylic acids is 1. The average Bonchev–Trinajstić information content (AvgIpc) is 2.73. The van der Waals surface area contributed by atoms with Crippen LogP contribution in [-0.4, -0.2) is 20.7 Å². The molecule has 2 rings (SSSR count). The molecular weight excluding hydrogens is 371 g/mol. The lowest BCUT2D eigenvalue weighted by Crippen LogP contribution is -2.24. The molecular formula is C10H3Cl5N3O2-. The van der Waals surface area contributed by atoms with Gasteiger partial charge in [0.05, 0.1) is 10.7 Å². The van der Waals surface area contributed by atoms with Gasteiger partial charge >= 0.3 is 0 Å². The number of aromatic nitrogens is 3. The highest BCUT2D eigenvalue weighted by atomic mass is 35.6. The molecule has 1 heterocycles. The Hall–Kier alpha value is -0.720. The van der Waals surface area contributed by atoms with Gasteiger partial charge < -0.3 is 9.90 Å². The van der Waals surface area contributed by atoms with Gasteiger partial charge in [0, 0.05) is 5.02 Å². The average molecular weight is 374 g/mol. The Balaban J connectivity index is 2.69. The maximum absolute atomic E-state index is 10.8. The summed E-state index contributed by atoms with van der Waals surface area (Å²) in [4.78, 5) is 14.5. The largest absolute Gasteiger partial charge is 0.541 e. The molecule has 0 bridgehead atoms. The molecule has 0 fully saturated rings. The molecule has 0 saturated heterocycles. The van der Waals surface area contributed by atoms with Gasteiger partial charge in [-0.25, -0.2) is 9.67 Å². The second-order valence-corrected chi connectivity index (χ2v) is 6.68. The summed E-state index contributed by atoms with van der Waals surface area (Å²) in [5, 5.41) is 15.1. The first kappa shape index (κ1) is 15.7. The SMILES string of the molecule is O=C([O-])c1nc(C(Cl)(Cl)Cl)n(-c2ccc(Cl)cc2Cl)n1. The van der Waals surface area contributed by atoms with Gasteiger partial charge in [-0.15, -0.1) is 5.10 Å². The number of halogens is 5. The molecule has 10 heteroatoms. The predicted molar refractivity (Wildman–Crippen MR) is 74.9 cm³/mol. The highest BCUT2D eigenvalue weighted by Crippen LogP contribution is 2.38. The molecule has 0 aliphatic heterocycles. The van der Waals surface area contributed by atoms with Crippen LogP contribution in [0, 0.1) is 0 Å². The number of hydrogen-bond acceptors (Lipinski definition) is 4. The first-order valence-electron chi connectivity index (χ1n) is 4.91. The Labute approximate surface area is 138 Å². The quantitative estimate of drug-likeness (QED) is 0.758. The zero-order valence-corrected chi connectivity index (χ0v) is 13.1. The van der Waals surface area contributed by atoms with Crippen LogP contribution in [0.4, 0.5) is 0 Å². The zero-order chi connectivity index (χ0) is 15.1. The minimum Gasteiger partial charge on any atom is -0.541 e. The molecule has 0 radical (unpaired) electrons. The van der Waals surface area contributed by atoms with Crippen molar-refractivity contribution in [1.29, 1.82) is 0 Å². The van der Waals surface area contributed by atoms with Gasteiger partial charge in [-0.1, -0.05) is 58.0 Å². The number of nitrogens with zero attached hydrogens (tertiary/aromatic N) is 3. The fourth-order valence-corrected chi connectivity index (χ4v) is 2.26. The molecule has 106 valence electrons. The van der Waals surface area contributed by atoms with Crippen molar-refractivity contribution in [3.05, 3.63) is 39.9 Å². The van der Waals surface area contributed by atoms with E-state index in [2.05, 4.69) is 10.1 Å². The number of alkyl halides is 3. The third kappa shape index (κ3) is 3.13. The van der Waals surface area contributed by atoms with Crippen LogP contribution in [0.25, 0.3) is 5.69 Å². The van der Waals surface area contributed by atoms with Crippen LogP contribution in [0.3, 0.4) is 0 Å².